The van der Waals surface area contributed by atoms with Crippen LogP contribution in [0.1, 0.15) is 0 Å². The number of rotatable bonds is 0. The summed E-state index contributed by atoms with van der Waals surface area (Å²) in [5, 5.41) is 9.85. The van der Waals surface area contributed by atoms with Crippen molar-refractivity contribution in [1.82, 2.24) is 5.39 Å². The molecule has 1 saturated heterocycles. The molecule has 42 valence electrons. The Labute approximate surface area is 40.1 Å². The number of hydrogen-bond donors (Lipinski definition) is 1. The third kappa shape index (κ3) is 1.08. The molecule has 0 aliphatic carbocycles. The molecule has 1 rings (SSSR count). The summed E-state index contributed by atoms with van der Waals surface area (Å²) in [4.78, 5) is 8.39. The topological polar surface area (TPSA) is 70.8 Å². The van der Waals surface area contributed by atoms with E-state index in [0.29, 0.717) is 0 Å². The molecule has 5 nitrogen and oxygen atoms in total. The van der Waals surface area contributed by atoms with Crippen LogP contribution in [-0.4, -0.2) is 18.2 Å². The molecule has 0 amide bonds. The Kier molecular flexibility index (Phi) is 1.22. The molecule has 7 heavy (non-hydrogen) atoms. The average Bonchev–Trinajstić information content (AvgIpc) is 1.87. The van der Waals surface area contributed by atoms with Gasteiger partial charge in [-0.15, -0.1) is 5.39 Å². The number of hydrogen-bond acceptors (Lipinski definition) is 5. The lowest BCUT2D eigenvalue weighted by atomic mass is 10.7. The van der Waals surface area contributed by atoms with Crippen LogP contribution in [0.25, 0.3) is 0 Å². The van der Waals surface area contributed by atoms with Crippen LogP contribution < -0.4 is 5.73 Å². The summed E-state index contributed by atoms with van der Waals surface area (Å²) in [5.41, 5.74) is 5.04. The highest BCUT2D eigenvalue weighted by molar-refractivity contribution is 4.45. The SMILES string of the molecule is NC1CON([O-])O1. The zero-order valence-electron chi connectivity index (χ0n) is 3.53. The largest absolute Gasteiger partial charge is 0.738 e. The molecule has 1 aliphatic heterocycles. The molecule has 1 heterocycles. The van der Waals surface area contributed by atoms with Crippen molar-refractivity contribution in [3.8, 4) is 0 Å². The van der Waals surface area contributed by atoms with Crippen LogP contribution in [0.3, 0.4) is 0 Å². The molecule has 1 aliphatic rings. The molecule has 2 N–H and O–H groups in total. The van der Waals surface area contributed by atoms with E-state index < -0.39 is 6.23 Å². The molecular formula is C2H5N2O3-. The molecule has 1 atom stereocenters. The summed E-state index contributed by atoms with van der Waals surface area (Å²) < 4.78 is 0. The van der Waals surface area contributed by atoms with Crippen LogP contribution in [0.4, 0.5) is 0 Å². The fourth-order valence-corrected chi connectivity index (χ4v) is 0.306. The minimum absolute atomic E-state index is 0.00463. The maximum Gasteiger partial charge on any atom is 0.154 e. The predicted octanol–water partition coefficient (Wildman–Crippen LogP) is -1.05. The van der Waals surface area contributed by atoms with E-state index >= 15 is 0 Å². The molecule has 0 aromatic rings. The highest BCUT2D eigenvalue weighted by atomic mass is 17.1. The molecular weight excluding hydrogens is 100 g/mol. The summed E-state index contributed by atoms with van der Waals surface area (Å²) in [6.07, 6.45) is -0.586. The highest BCUT2D eigenvalue weighted by Crippen LogP contribution is 2.01. The minimum Gasteiger partial charge on any atom is -0.738 e. The summed E-state index contributed by atoms with van der Waals surface area (Å²) in [5.74, 6) is 0. The van der Waals surface area contributed by atoms with Crippen molar-refractivity contribution < 1.29 is 9.68 Å². The van der Waals surface area contributed by atoms with E-state index in [2.05, 4.69) is 9.68 Å². The second-order valence-electron chi connectivity index (χ2n) is 1.16. The lowest BCUT2D eigenvalue weighted by molar-refractivity contribution is -0.269. The van der Waals surface area contributed by atoms with Gasteiger partial charge in [-0.05, 0) is 0 Å². The summed E-state index contributed by atoms with van der Waals surface area (Å²) in [7, 11) is 0. The van der Waals surface area contributed by atoms with Crippen molar-refractivity contribution in [2.45, 2.75) is 6.23 Å². The molecule has 0 aromatic heterocycles. The van der Waals surface area contributed by atoms with Crippen LogP contribution in [0.15, 0.2) is 0 Å². The molecule has 5 heteroatoms. The van der Waals surface area contributed by atoms with Crippen molar-refractivity contribution in [1.29, 1.82) is 0 Å². The first-order chi connectivity index (χ1) is 3.29. The van der Waals surface area contributed by atoms with Gasteiger partial charge in [0.1, 0.15) is 6.61 Å². The first-order valence-electron chi connectivity index (χ1n) is 1.81. The minimum atomic E-state index is -0.586. The van der Waals surface area contributed by atoms with Crippen molar-refractivity contribution >= 4 is 0 Å². The molecule has 0 spiro atoms. The normalized spacial score (nSPS) is 34.3. The van der Waals surface area contributed by atoms with Gasteiger partial charge in [-0.2, -0.15) is 0 Å². The molecule has 1 fully saturated rings. The molecule has 0 aromatic carbocycles. The van der Waals surface area contributed by atoms with Gasteiger partial charge in [0.25, 0.3) is 0 Å². The maximum atomic E-state index is 9.85. The van der Waals surface area contributed by atoms with Gasteiger partial charge in [0.2, 0.25) is 0 Å². The van der Waals surface area contributed by atoms with Crippen LogP contribution in [0.2, 0.25) is 0 Å². The standard InChI is InChI=1S/C2H5N2O3/c3-2-1-6-4(5)7-2/h2H,1,3H2/q-1. The second kappa shape index (κ2) is 1.73. The summed E-state index contributed by atoms with van der Waals surface area (Å²) in [6, 6.07) is 0. The average molecular weight is 105 g/mol. The van der Waals surface area contributed by atoms with Gasteiger partial charge in [-0.3, -0.25) is 9.68 Å². The smallest absolute Gasteiger partial charge is 0.154 e. The highest BCUT2D eigenvalue weighted by Gasteiger charge is 2.12. The fraction of sp³-hybridized carbons (Fsp3) is 1.00. The Morgan fingerprint density at radius 3 is 2.71 bits per heavy atom. The zero-order valence-corrected chi connectivity index (χ0v) is 3.53. The van der Waals surface area contributed by atoms with E-state index in [1.807, 2.05) is 0 Å². The van der Waals surface area contributed by atoms with E-state index in [1.165, 1.54) is 0 Å². The van der Waals surface area contributed by atoms with Crippen molar-refractivity contribution in [2.24, 2.45) is 5.73 Å². The van der Waals surface area contributed by atoms with Gasteiger partial charge >= 0.3 is 0 Å². The summed E-state index contributed by atoms with van der Waals surface area (Å²) in [6.45, 7) is 0.142. The quantitative estimate of drug-likeness (QED) is 0.425. The first kappa shape index (κ1) is 4.95. The monoisotopic (exact) mass is 105 g/mol. The lowest BCUT2D eigenvalue weighted by Crippen LogP contribution is -2.22. The summed E-state index contributed by atoms with van der Waals surface area (Å²) >= 11 is 0. The van der Waals surface area contributed by atoms with Gasteiger partial charge in [-0.25, -0.2) is 0 Å². The molecule has 0 bridgehead atoms. The van der Waals surface area contributed by atoms with Crippen molar-refractivity contribution in [3.05, 3.63) is 5.21 Å². The van der Waals surface area contributed by atoms with Gasteiger partial charge < -0.3 is 10.9 Å². The first-order valence-corrected chi connectivity index (χ1v) is 1.81. The predicted molar refractivity (Wildman–Crippen MR) is 20.2 cm³/mol. The Bertz CT molecular complexity index is 60.0. The van der Waals surface area contributed by atoms with Crippen LogP contribution in [0.5, 0.6) is 0 Å². The van der Waals surface area contributed by atoms with Gasteiger partial charge in [0, 0.05) is 0 Å². The van der Waals surface area contributed by atoms with Crippen molar-refractivity contribution in [3.63, 3.8) is 0 Å². The Balaban J connectivity index is 2.26. The molecule has 0 saturated carbocycles. The fourth-order valence-electron chi connectivity index (χ4n) is 0.306. The van der Waals surface area contributed by atoms with E-state index in [4.69, 9.17) is 5.73 Å². The second-order valence-corrected chi connectivity index (χ2v) is 1.16. The van der Waals surface area contributed by atoms with Crippen molar-refractivity contribution in [2.75, 3.05) is 6.61 Å². The van der Waals surface area contributed by atoms with Gasteiger partial charge in [-0.1, -0.05) is 0 Å². The van der Waals surface area contributed by atoms with E-state index in [0.717, 1.165) is 0 Å². The maximum absolute atomic E-state index is 9.85. The van der Waals surface area contributed by atoms with Crippen LogP contribution in [0, 0.1) is 5.21 Å². The molecule has 0 radical (unpaired) electrons. The third-order valence-corrected chi connectivity index (χ3v) is 0.566. The molecule has 1 unspecified atom stereocenters. The third-order valence-electron chi connectivity index (χ3n) is 0.566. The van der Waals surface area contributed by atoms with Crippen LogP contribution in [-0.2, 0) is 9.68 Å². The zero-order chi connectivity index (χ0) is 5.28. The Morgan fingerprint density at radius 2 is 2.57 bits per heavy atom. The Hall–Kier alpha value is -0.200. The van der Waals surface area contributed by atoms with Gasteiger partial charge in [0.15, 0.2) is 6.23 Å². The van der Waals surface area contributed by atoms with E-state index in [1.54, 1.807) is 0 Å². The lowest BCUT2D eigenvalue weighted by Gasteiger charge is -2.15. The number of nitrogens with zero attached hydrogens (tertiary/aromatic N) is 1. The van der Waals surface area contributed by atoms with E-state index in [9.17, 15) is 5.21 Å². The van der Waals surface area contributed by atoms with E-state index in [-0.39, 0.29) is 12.0 Å². The van der Waals surface area contributed by atoms with Crippen LogP contribution >= 0.6 is 0 Å². The van der Waals surface area contributed by atoms with Gasteiger partial charge in [0.05, 0.1) is 0 Å². The Morgan fingerprint density at radius 1 is 1.86 bits per heavy atom. The number of nitrogens with two attached hydrogens (primary N) is 1.